The van der Waals surface area contributed by atoms with Gasteiger partial charge in [-0.15, -0.1) is 0 Å². The number of hydrazone groups is 1. The van der Waals surface area contributed by atoms with Crippen LogP contribution in [0.25, 0.3) is 0 Å². The predicted molar refractivity (Wildman–Crippen MR) is 127 cm³/mol. The molecule has 10 heteroatoms. The zero-order valence-corrected chi connectivity index (χ0v) is 20.7. The minimum absolute atomic E-state index is 0.0102. The van der Waals surface area contributed by atoms with Crippen LogP contribution in [0, 0.1) is 10.8 Å². The molecule has 0 saturated carbocycles. The Bertz CT molecular complexity index is 556. The molecule has 2 amide bonds. The summed E-state index contributed by atoms with van der Waals surface area (Å²) in [4.78, 5) is 24.1. The van der Waals surface area contributed by atoms with Crippen molar-refractivity contribution in [1.29, 1.82) is 0 Å². The van der Waals surface area contributed by atoms with Gasteiger partial charge >= 0.3 is 0 Å². The molecule has 0 atom stereocenters. The fourth-order valence-electron chi connectivity index (χ4n) is 3.58. The molecule has 0 radical (unpaired) electrons. The first-order valence-corrected chi connectivity index (χ1v) is 11.8. The number of ether oxygens (including phenoxy) is 2. The van der Waals surface area contributed by atoms with Crippen molar-refractivity contribution in [3.8, 4) is 0 Å². The van der Waals surface area contributed by atoms with Gasteiger partial charge in [-0.05, 0) is 30.6 Å². The van der Waals surface area contributed by atoms with Crippen molar-refractivity contribution >= 4 is 29.6 Å². The fourth-order valence-corrected chi connectivity index (χ4v) is 4.20. The van der Waals surface area contributed by atoms with Gasteiger partial charge in [-0.3, -0.25) is 9.59 Å². The summed E-state index contributed by atoms with van der Waals surface area (Å²) < 4.78 is 13.4. The Kier molecular flexibility index (Phi) is 15.4. The van der Waals surface area contributed by atoms with Gasteiger partial charge in [0.2, 0.25) is 11.8 Å². The van der Waals surface area contributed by atoms with E-state index in [-0.39, 0.29) is 22.6 Å². The molecule has 0 aromatic rings. The van der Waals surface area contributed by atoms with Gasteiger partial charge in [-0.2, -0.15) is 5.10 Å². The second-order valence-corrected chi connectivity index (χ2v) is 10.0. The van der Waals surface area contributed by atoms with Gasteiger partial charge in [0, 0.05) is 38.2 Å². The van der Waals surface area contributed by atoms with Crippen LogP contribution < -0.4 is 21.6 Å². The quantitative estimate of drug-likeness (QED) is 0.0612. The van der Waals surface area contributed by atoms with E-state index >= 15 is 0 Å². The van der Waals surface area contributed by atoms with Crippen LogP contribution in [0.3, 0.4) is 0 Å². The number of nitrogens with one attached hydrogen (secondary N) is 2. The maximum atomic E-state index is 12.3. The average molecular weight is 462 g/mol. The van der Waals surface area contributed by atoms with E-state index < -0.39 is 0 Å². The minimum atomic E-state index is -0.187. The molecule has 31 heavy (non-hydrogen) atoms. The Labute approximate surface area is 191 Å². The second-order valence-electron chi connectivity index (χ2n) is 9.12. The summed E-state index contributed by atoms with van der Waals surface area (Å²) >= 11 is 1.34. The third kappa shape index (κ3) is 17.8. The van der Waals surface area contributed by atoms with Crippen LogP contribution in [0.1, 0.15) is 66.7 Å². The first-order chi connectivity index (χ1) is 14.5. The molecule has 0 rings (SSSR count). The molecule has 0 aromatic heterocycles. The lowest BCUT2D eigenvalue weighted by Gasteiger charge is -2.34. The number of amidine groups is 1. The largest absolute Gasteiger partial charge is 0.386 e. The third-order valence-electron chi connectivity index (χ3n) is 4.40. The maximum absolute atomic E-state index is 12.3. The van der Waals surface area contributed by atoms with Gasteiger partial charge in [0.05, 0.1) is 19.8 Å². The minimum Gasteiger partial charge on any atom is -0.386 e. The van der Waals surface area contributed by atoms with Crippen molar-refractivity contribution in [2.75, 3.05) is 38.7 Å². The molecule has 0 heterocycles. The Morgan fingerprint density at radius 3 is 2.29 bits per heavy atom. The van der Waals surface area contributed by atoms with E-state index in [0.717, 1.165) is 6.42 Å². The molecule has 0 aliphatic carbocycles. The number of hydrogen-bond acceptors (Lipinski definition) is 7. The fraction of sp³-hybridized carbons (Fsp3) is 0.857. The normalized spacial score (nSPS) is 12.6. The number of carbonyl (C=O) groups excluding carboxylic acids is 2. The van der Waals surface area contributed by atoms with E-state index in [1.54, 1.807) is 0 Å². The number of carbonyl (C=O) groups is 2. The number of amides is 2. The SMILES string of the molecule is CCOCCOCCNC(=O)CCCSNC(=O)CC(C)(C)CC(C)(C)C/C(N)=N/N. The molecular weight excluding hydrogens is 418 g/mol. The highest BCUT2D eigenvalue weighted by molar-refractivity contribution is 7.97. The van der Waals surface area contributed by atoms with Crippen molar-refractivity contribution in [2.45, 2.75) is 66.7 Å². The van der Waals surface area contributed by atoms with Crippen LogP contribution in [0.5, 0.6) is 0 Å². The van der Waals surface area contributed by atoms with Crippen LogP contribution in [-0.4, -0.2) is 56.4 Å². The van der Waals surface area contributed by atoms with E-state index in [4.69, 9.17) is 21.1 Å². The molecule has 6 N–H and O–H groups in total. The highest BCUT2D eigenvalue weighted by Crippen LogP contribution is 2.38. The van der Waals surface area contributed by atoms with E-state index in [0.29, 0.717) is 70.2 Å². The molecule has 0 aliphatic rings. The van der Waals surface area contributed by atoms with E-state index in [1.165, 1.54) is 11.9 Å². The summed E-state index contributed by atoms with van der Waals surface area (Å²) in [6.45, 7) is 13.0. The van der Waals surface area contributed by atoms with Crippen LogP contribution in [0.4, 0.5) is 0 Å². The Morgan fingerprint density at radius 1 is 1.00 bits per heavy atom. The van der Waals surface area contributed by atoms with Crippen LogP contribution in [0.15, 0.2) is 5.10 Å². The van der Waals surface area contributed by atoms with Crippen molar-refractivity contribution in [2.24, 2.45) is 27.5 Å². The monoisotopic (exact) mass is 461 g/mol. The summed E-state index contributed by atoms with van der Waals surface area (Å²) in [6.07, 6.45) is 2.92. The lowest BCUT2D eigenvalue weighted by Crippen LogP contribution is -2.32. The zero-order chi connectivity index (χ0) is 23.8. The van der Waals surface area contributed by atoms with Gasteiger partial charge < -0.3 is 31.1 Å². The maximum Gasteiger partial charge on any atom is 0.230 e. The molecule has 0 aliphatic heterocycles. The van der Waals surface area contributed by atoms with Crippen LogP contribution in [0.2, 0.25) is 0 Å². The van der Waals surface area contributed by atoms with Crippen LogP contribution >= 0.6 is 11.9 Å². The molecule has 0 aromatic carbocycles. The van der Waals surface area contributed by atoms with Crippen molar-refractivity contribution in [1.82, 2.24) is 10.0 Å². The predicted octanol–water partition coefficient (Wildman–Crippen LogP) is 2.15. The molecule has 182 valence electrons. The number of nitrogens with zero attached hydrogens (tertiary/aromatic N) is 1. The summed E-state index contributed by atoms with van der Waals surface area (Å²) in [7, 11) is 0. The van der Waals surface area contributed by atoms with Gasteiger partial charge in [-0.25, -0.2) is 0 Å². The molecule has 9 nitrogen and oxygen atoms in total. The van der Waals surface area contributed by atoms with Gasteiger partial charge in [-0.1, -0.05) is 39.6 Å². The smallest absolute Gasteiger partial charge is 0.230 e. The summed E-state index contributed by atoms with van der Waals surface area (Å²) in [5.41, 5.74) is 5.46. The third-order valence-corrected chi connectivity index (χ3v) is 5.27. The molecule has 0 bridgehead atoms. The van der Waals surface area contributed by atoms with Crippen LogP contribution in [-0.2, 0) is 19.1 Å². The van der Waals surface area contributed by atoms with Gasteiger partial charge in [0.15, 0.2) is 0 Å². The number of rotatable bonds is 18. The van der Waals surface area contributed by atoms with E-state index in [2.05, 4.69) is 42.8 Å². The van der Waals surface area contributed by atoms with E-state index in [9.17, 15) is 9.59 Å². The molecule has 0 fully saturated rings. The first-order valence-electron chi connectivity index (χ1n) is 10.9. The Balaban J connectivity index is 3.90. The van der Waals surface area contributed by atoms with E-state index in [1.807, 2.05) is 6.92 Å². The lowest BCUT2D eigenvalue weighted by molar-refractivity contribution is -0.122. The Morgan fingerprint density at radius 2 is 1.65 bits per heavy atom. The standard InChI is InChI=1S/C21H43N5O4S/c1-6-29-11-12-30-10-9-24-18(27)8-7-13-31-26-19(28)15-21(4,5)16-20(2,3)14-17(22)25-23/h6-16,23H2,1-5H3,(H2,22,25)(H,24,27)(H,26,28). The lowest BCUT2D eigenvalue weighted by atomic mass is 9.71. The van der Waals surface area contributed by atoms with Gasteiger partial charge in [0.1, 0.15) is 5.84 Å². The summed E-state index contributed by atoms with van der Waals surface area (Å²) in [5, 5.41) is 6.36. The number of hydrogen-bond donors (Lipinski definition) is 4. The van der Waals surface area contributed by atoms with Crippen molar-refractivity contribution in [3.05, 3.63) is 0 Å². The topological polar surface area (TPSA) is 141 Å². The molecule has 0 saturated heterocycles. The Hall–Kier alpha value is -1.52. The van der Waals surface area contributed by atoms with Gasteiger partial charge in [0.25, 0.3) is 0 Å². The molecule has 0 unspecified atom stereocenters. The summed E-state index contributed by atoms with van der Waals surface area (Å²) in [6, 6.07) is 0. The second kappa shape index (κ2) is 16.2. The average Bonchev–Trinajstić information content (AvgIpc) is 2.65. The molecule has 0 spiro atoms. The highest BCUT2D eigenvalue weighted by atomic mass is 32.2. The van der Waals surface area contributed by atoms with Crippen molar-refractivity contribution in [3.63, 3.8) is 0 Å². The number of nitrogens with two attached hydrogens (primary N) is 2. The first kappa shape index (κ1) is 29.5. The summed E-state index contributed by atoms with van der Waals surface area (Å²) in [5.74, 6) is 6.31. The molecular formula is C21H43N5O4S. The zero-order valence-electron chi connectivity index (χ0n) is 19.9. The van der Waals surface area contributed by atoms with Crippen molar-refractivity contribution < 1.29 is 19.1 Å². The highest BCUT2D eigenvalue weighted by Gasteiger charge is 2.31.